The summed E-state index contributed by atoms with van der Waals surface area (Å²) >= 11 is 0. The van der Waals surface area contributed by atoms with E-state index < -0.39 is 24.3 Å². The van der Waals surface area contributed by atoms with Crippen molar-refractivity contribution in [3.63, 3.8) is 0 Å². The van der Waals surface area contributed by atoms with Crippen molar-refractivity contribution in [3.8, 4) is 5.75 Å². The zero-order valence-electron chi connectivity index (χ0n) is 18.1. The predicted molar refractivity (Wildman–Crippen MR) is 120 cm³/mol. The minimum absolute atomic E-state index is 0.183. The number of methoxy groups -OCH3 is 1. The summed E-state index contributed by atoms with van der Waals surface area (Å²) < 4.78 is 16.0. The first-order valence-electron chi connectivity index (χ1n) is 10.4. The second kappa shape index (κ2) is 13.6. The minimum Gasteiger partial charge on any atom is -0.497 e. The van der Waals surface area contributed by atoms with E-state index in [2.05, 4.69) is 0 Å². The van der Waals surface area contributed by atoms with E-state index >= 15 is 0 Å². The molecule has 0 spiro atoms. The summed E-state index contributed by atoms with van der Waals surface area (Å²) in [7, 11) is 1.62. The Bertz CT molecular complexity index is 787. The smallest absolute Gasteiger partial charge is 0.303 e. The van der Waals surface area contributed by atoms with Gasteiger partial charge in [-0.3, -0.25) is 4.79 Å². The Labute approximate surface area is 184 Å². The van der Waals surface area contributed by atoms with E-state index in [4.69, 9.17) is 14.2 Å². The second-order valence-corrected chi connectivity index (χ2v) is 7.39. The highest BCUT2D eigenvalue weighted by Gasteiger charge is 2.18. The fraction of sp³-hybridized carbons (Fsp3) is 0.400. The third-order valence-corrected chi connectivity index (χ3v) is 4.69. The molecule has 0 heterocycles. The van der Waals surface area contributed by atoms with Gasteiger partial charge in [0.1, 0.15) is 11.9 Å². The molecule has 0 radical (unpaired) electrons. The first-order chi connectivity index (χ1) is 15.0. The van der Waals surface area contributed by atoms with Crippen molar-refractivity contribution in [2.45, 2.75) is 51.1 Å². The van der Waals surface area contributed by atoms with E-state index in [9.17, 15) is 15.0 Å². The average molecular weight is 429 g/mol. The van der Waals surface area contributed by atoms with E-state index in [0.717, 1.165) is 16.9 Å². The molecule has 2 N–H and O–H groups in total. The summed E-state index contributed by atoms with van der Waals surface area (Å²) in [5.74, 6) is 0.376. The molecule has 0 aliphatic heterocycles. The van der Waals surface area contributed by atoms with Crippen LogP contribution in [0.15, 0.2) is 60.7 Å². The zero-order chi connectivity index (χ0) is 22.5. The lowest BCUT2D eigenvalue weighted by atomic mass is 10.0. The Balaban J connectivity index is 1.72. The molecule has 2 aromatic carbocycles. The monoisotopic (exact) mass is 428 g/mol. The molecule has 6 nitrogen and oxygen atoms in total. The van der Waals surface area contributed by atoms with Gasteiger partial charge < -0.3 is 24.4 Å². The summed E-state index contributed by atoms with van der Waals surface area (Å²) in [5.41, 5.74) is 1.99. The average Bonchev–Trinajstić information content (AvgIpc) is 2.75. The lowest BCUT2D eigenvalue weighted by Gasteiger charge is -2.20. The van der Waals surface area contributed by atoms with E-state index in [0.29, 0.717) is 19.6 Å². The van der Waals surface area contributed by atoms with E-state index in [1.54, 1.807) is 13.2 Å². The van der Waals surface area contributed by atoms with Crippen molar-refractivity contribution in [2.24, 2.45) is 0 Å². The lowest BCUT2D eigenvalue weighted by Crippen LogP contribution is -2.25. The molecule has 3 atom stereocenters. The molecule has 31 heavy (non-hydrogen) atoms. The third-order valence-electron chi connectivity index (χ3n) is 4.69. The van der Waals surface area contributed by atoms with Gasteiger partial charge in [0.25, 0.3) is 0 Å². The Kier molecular flexibility index (Phi) is 10.8. The standard InChI is InChI=1S/C25H32O6/c1-19(26)31-25(13-8-20-6-4-3-5-7-20)17-23(28)16-22(27)14-15-30-18-21-9-11-24(29-2)12-10-21/h3-13,22-23,25,27-28H,14-18H2,1-2H3/b13-8+/t22-,23-,25-/m1/s1. The number of carbonyl (C=O) groups excluding carboxylic acids is 1. The van der Waals surface area contributed by atoms with Crippen molar-refractivity contribution in [1.29, 1.82) is 0 Å². The fourth-order valence-electron chi connectivity index (χ4n) is 3.09. The highest BCUT2D eigenvalue weighted by molar-refractivity contribution is 5.66. The van der Waals surface area contributed by atoms with Crippen LogP contribution in [-0.4, -0.2) is 48.2 Å². The van der Waals surface area contributed by atoms with Crippen LogP contribution < -0.4 is 4.74 Å². The number of carbonyl (C=O) groups is 1. The Morgan fingerprint density at radius 3 is 2.35 bits per heavy atom. The fourth-order valence-corrected chi connectivity index (χ4v) is 3.09. The van der Waals surface area contributed by atoms with Gasteiger partial charge in [-0.05, 0) is 42.2 Å². The van der Waals surface area contributed by atoms with Gasteiger partial charge in [-0.1, -0.05) is 48.5 Å². The third kappa shape index (κ3) is 10.3. The van der Waals surface area contributed by atoms with Crippen LogP contribution in [0.2, 0.25) is 0 Å². The summed E-state index contributed by atoms with van der Waals surface area (Å²) in [5, 5.41) is 20.6. The summed E-state index contributed by atoms with van der Waals surface area (Å²) in [6.07, 6.45) is 2.34. The van der Waals surface area contributed by atoms with Crippen molar-refractivity contribution < 1.29 is 29.2 Å². The zero-order valence-corrected chi connectivity index (χ0v) is 18.1. The van der Waals surface area contributed by atoms with Crippen LogP contribution in [0, 0.1) is 0 Å². The molecule has 0 unspecified atom stereocenters. The highest BCUT2D eigenvalue weighted by Crippen LogP contribution is 2.15. The quantitative estimate of drug-likeness (QED) is 0.373. The summed E-state index contributed by atoms with van der Waals surface area (Å²) in [4.78, 5) is 11.4. The molecule has 0 fully saturated rings. The predicted octanol–water partition coefficient (Wildman–Crippen LogP) is 3.75. The molecular formula is C25H32O6. The van der Waals surface area contributed by atoms with Crippen LogP contribution in [-0.2, 0) is 20.9 Å². The molecule has 0 saturated carbocycles. The summed E-state index contributed by atoms with van der Waals surface area (Å²) in [6.45, 7) is 2.16. The number of hydrogen-bond acceptors (Lipinski definition) is 6. The van der Waals surface area contributed by atoms with Crippen molar-refractivity contribution in [1.82, 2.24) is 0 Å². The summed E-state index contributed by atoms with van der Waals surface area (Å²) in [6, 6.07) is 17.2. The first-order valence-corrected chi connectivity index (χ1v) is 10.4. The van der Waals surface area contributed by atoms with Crippen LogP contribution in [0.4, 0.5) is 0 Å². The number of rotatable bonds is 13. The number of aliphatic hydroxyl groups excluding tert-OH is 2. The maximum atomic E-state index is 11.4. The maximum Gasteiger partial charge on any atom is 0.303 e. The molecule has 6 heteroatoms. The van der Waals surface area contributed by atoms with Crippen molar-refractivity contribution in [3.05, 3.63) is 71.8 Å². The molecule has 0 aliphatic carbocycles. The van der Waals surface area contributed by atoms with Gasteiger partial charge >= 0.3 is 5.97 Å². The number of aliphatic hydroxyl groups is 2. The largest absolute Gasteiger partial charge is 0.497 e. The Morgan fingerprint density at radius 2 is 1.71 bits per heavy atom. The number of ether oxygens (including phenoxy) is 3. The van der Waals surface area contributed by atoms with Crippen LogP contribution in [0.25, 0.3) is 6.08 Å². The molecule has 0 aliphatic rings. The molecule has 0 aromatic heterocycles. The second-order valence-electron chi connectivity index (χ2n) is 7.39. The van der Waals surface area contributed by atoms with E-state index in [1.807, 2.05) is 60.7 Å². The Morgan fingerprint density at radius 1 is 1.00 bits per heavy atom. The van der Waals surface area contributed by atoms with Crippen molar-refractivity contribution in [2.75, 3.05) is 13.7 Å². The number of hydrogen-bond donors (Lipinski definition) is 2. The molecule has 2 aromatic rings. The van der Waals surface area contributed by atoms with Gasteiger partial charge in [0.2, 0.25) is 0 Å². The van der Waals surface area contributed by atoms with Gasteiger partial charge in [-0.25, -0.2) is 0 Å². The number of benzene rings is 2. The number of esters is 1. The van der Waals surface area contributed by atoms with Gasteiger partial charge in [0, 0.05) is 20.0 Å². The van der Waals surface area contributed by atoms with Gasteiger partial charge in [0.15, 0.2) is 0 Å². The van der Waals surface area contributed by atoms with E-state index in [-0.39, 0.29) is 12.8 Å². The first kappa shape index (κ1) is 24.6. The van der Waals surface area contributed by atoms with Crippen LogP contribution in [0.3, 0.4) is 0 Å². The highest BCUT2D eigenvalue weighted by atomic mass is 16.5. The van der Waals surface area contributed by atoms with Gasteiger partial charge in [0.05, 0.1) is 25.9 Å². The maximum absolute atomic E-state index is 11.4. The molecule has 0 saturated heterocycles. The van der Waals surface area contributed by atoms with Crippen molar-refractivity contribution >= 4 is 12.0 Å². The molecule has 168 valence electrons. The molecule has 0 bridgehead atoms. The SMILES string of the molecule is COc1ccc(COCC[C@@H](O)C[C@@H](O)C[C@@H](/C=C/c2ccccc2)OC(C)=O)cc1. The van der Waals surface area contributed by atoms with Crippen LogP contribution >= 0.6 is 0 Å². The van der Waals surface area contributed by atoms with E-state index in [1.165, 1.54) is 6.92 Å². The molecular weight excluding hydrogens is 396 g/mol. The normalized spacial score (nSPS) is 14.2. The lowest BCUT2D eigenvalue weighted by molar-refractivity contribution is -0.145. The Hall–Kier alpha value is -2.67. The molecule has 2 rings (SSSR count). The topological polar surface area (TPSA) is 85.2 Å². The van der Waals surface area contributed by atoms with Gasteiger partial charge in [-0.2, -0.15) is 0 Å². The molecule has 0 amide bonds. The van der Waals surface area contributed by atoms with Crippen LogP contribution in [0.1, 0.15) is 37.3 Å². The van der Waals surface area contributed by atoms with Gasteiger partial charge in [-0.15, -0.1) is 0 Å². The minimum atomic E-state index is -0.804. The van der Waals surface area contributed by atoms with Crippen LogP contribution in [0.5, 0.6) is 5.75 Å².